The molecule has 0 spiro atoms. The molecule has 0 saturated heterocycles. The number of ether oxygens (including phenoxy) is 1. The van der Waals surface area contributed by atoms with Crippen LogP contribution in [0.5, 0.6) is 11.5 Å². The standard InChI is InChI=1S/C8H9BrN2O2/c1-13-8-2-5(4-11-10)7(12)3-6(8)9/h2-4,12H,10H2,1H3. The summed E-state index contributed by atoms with van der Waals surface area (Å²) in [5, 5.41) is 12.7. The molecular weight excluding hydrogens is 236 g/mol. The largest absolute Gasteiger partial charge is 0.507 e. The van der Waals surface area contributed by atoms with Gasteiger partial charge in [-0.3, -0.25) is 0 Å². The van der Waals surface area contributed by atoms with Crippen LogP contribution in [0, 0.1) is 0 Å². The zero-order valence-corrected chi connectivity index (χ0v) is 8.58. The van der Waals surface area contributed by atoms with Gasteiger partial charge in [-0.1, -0.05) is 0 Å². The molecule has 0 radical (unpaired) electrons. The number of rotatable bonds is 2. The van der Waals surface area contributed by atoms with Crippen molar-refractivity contribution in [3.63, 3.8) is 0 Å². The van der Waals surface area contributed by atoms with E-state index in [0.717, 1.165) is 0 Å². The number of nitrogens with two attached hydrogens (primary N) is 1. The van der Waals surface area contributed by atoms with Crippen LogP contribution in [0.2, 0.25) is 0 Å². The highest BCUT2D eigenvalue weighted by Gasteiger charge is 2.05. The van der Waals surface area contributed by atoms with E-state index in [9.17, 15) is 5.11 Å². The van der Waals surface area contributed by atoms with Gasteiger partial charge in [-0.15, -0.1) is 0 Å². The second-order valence-electron chi connectivity index (χ2n) is 2.32. The molecule has 0 amide bonds. The lowest BCUT2D eigenvalue weighted by Crippen LogP contribution is -1.91. The zero-order valence-electron chi connectivity index (χ0n) is 6.99. The molecule has 0 aromatic heterocycles. The number of halogens is 1. The van der Waals surface area contributed by atoms with Crippen LogP contribution < -0.4 is 10.6 Å². The van der Waals surface area contributed by atoms with Gasteiger partial charge >= 0.3 is 0 Å². The number of hydrogen-bond donors (Lipinski definition) is 2. The summed E-state index contributed by atoms with van der Waals surface area (Å²) in [7, 11) is 1.54. The van der Waals surface area contributed by atoms with E-state index in [-0.39, 0.29) is 5.75 Å². The van der Waals surface area contributed by atoms with Crippen molar-refractivity contribution < 1.29 is 9.84 Å². The fourth-order valence-electron chi connectivity index (χ4n) is 0.899. The maximum atomic E-state index is 9.41. The summed E-state index contributed by atoms with van der Waals surface area (Å²) >= 11 is 3.23. The topological polar surface area (TPSA) is 67.8 Å². The van der Waals surface area contributed by atoms with Crippen molar-refractivity contribution in [2.24, 2.45) is 10.9 Å². The number of methoxy groups -OCH3 is 1. The minimum atomic E-state index is 0.0990. The second-order valence-corrected chi connectivity index (χ2v) is 3.18. The van der Waals surface area contributed by atoms with E-state index < -0.39 is 0 Å². The third kappa shape index (κ3) is 2.12. The summed E-state index contributed by atoms with van der Waals surface area (Å²) < 4.78 is 5.71. The molecule has 0 aliphatic rings. The van der Waals surface area contributed by atoms with Crippen molar-refractivity contribution in [1.82, 2.24) is 0 Å². The van der Waals surface area contributed by atoms with Gasteiger partial charge in [-0.25, -0.2) is 0 Å². The van der Waals surface area contributed by atoms with Crippen LogP contribution in [0.4, 0.5) is 0 Å². The molecule has 4 nitrogen and oxygen atoms in total. The molecular formula is C8H9BrN2O2. The first-order valence-corrected chi connectivity index (χ1v) is 4.28. The first kappa shape index (κ1) is 9.85. The Kier molecular flexibility index (Phi) is 3.13. The van der Waals surface area contributed by atoms with E-state index in [1.54, 1.807) is 13.2 Å². The highest BCUT2D eigenvalue weighted by Crippen LogP contribution is 2.31. The van der Waals surface area contributed by atoms with Crippen molar-refractivity contribution in [2.75, 3.05) is 7.11 Å². The third-order valence-corrected chi connectivity index (χ3v) is 2.13. The van der Waals surface area contributed by atoms with Crippen LogP contribution in [0.25, 0.3) is 0 Å². The molecule has 0 atom stereocenters. The maximum absolute atomic E-state index is 9.41. The van der Waals surface area contributed by atoms with E-state index in [4.69, 9.17) is 10.6 Å². The van der Waals surface area contributed by atoms with Crippen LogP contribution in [0.3, 0.4) is 0 Å². The fraction of sp³-hybridized carbons (Fsp3) is 0.125. The molecule has 5 heteroatoms. The Morgan fingerprint density at radius 2 is 2.31 bits per heavy atom. The Hall–Kier alpha value is -1.23. The van der Waals surface area contributed by atoms with Crippen molar-refractivity contribution >= 4 is 22.1 Å². The Labute approximate surface area is 84.1 Å². The van der Waals surface area contributed by atoms with Gasteiger partial charge in [0, 0.05) is 5.56 Å². The van der Waals surface area contributed by atoms with Gasteiger partial charge in [0.25, 0.3) is 0 Å². The molecule has 0 aliphatic carbocycles. The summed E-state index contributed by atoms with van der Waals surface area (Å²) in [6.45, 7) is 0. The lowest BCUT2D eigenvalue weighted by molar-refractivity contribution is 0.409. The predicted molar refractivity (Wildman–Crippen MR) is 54.1 cm³/mol. The first-order valence-electron chi connectivity index (χ1n) is 3.48. The van der Waals surface area contributed by atoms with E-state index in [1.165, 1.54) is 12.3 Å². The lowest BCUT2D eigenvalue weighted by Gasteiger charge is -2.05. The third-order valence-electron chi connectivity index (χ3n) is 1.51. The highest BCUT2D eigenvalue weighted by atomic mass is 79.9. The van der Waals surface area contributed by atoms with E-state index in [1.807, 2.05) is 0 Å². The van der Waals surface area contributed by atoms with Gasteiger partial charge in [0.15, 0.2) is 0 Å². The highest BCUT2D eigenvalue weighted by molar-refractivity contribution is 9.10. The van der Waals surface area contributed by atoms with Crippen LogP contribution in [-0.2, 0) is 0 Å². The molecule has 0 unspecified atom stereocenters. The smallest absolute Gasteiger partial charge is 0.133 e. The molecule has 0 aliphatic heterocycles. The molecule has 0 heterocycles. The number of aromatic hydroxyl groups is 1. The van der Waals surface area contributed by atoms with Gasteiger partial charge in [0.2, 0.25) is 0 Å². The molecule has 70 valence electrons. The number of phenols is 1. The SMILES string of the molecule is COc1cc(C=NN)c(O)cc1Br. The quantitative estimate of drug-likeness (QED) is 0.470. The lowest BCUT2D eigenvalue weighted by atomic mass is 10.2. The Morgan fingerprint density at radius 1 is 1.62 bits per heavy atom. The van der Waals surface area contributed by atoms with Crippen LogP contribution >= 0.6 is 15.9 Å². The van der Waals surface area contributed by atoms with Crippen LogP contribution in [-0.4, -0.2) is 18.4 Å². The minimum Gasteiger partial charge on any atom is -0.507 e. The van der Waals surface area contributed by atoms with E-state index >= 15 is 0 Å². The Morgan fingerprint density at radius 3 is 2.85 bits per heavy atom. The second kappa shape index (κ2) is 4.13. The molecule has 0 saturated carbocycles. The summed E-state index contributed by atoms with van der Waals surface area (Å²) in [6.07, 6.45) is 1.35. The molecule has 13 heavy (non-hydrogen) atoms. The van der Waals surface area contributed by atoms with Crippen molar-refractivity contribution in [1.29, 1.82) is 0 Å². The zero-order chi connectivity index (χ0) is 9.84. The number of hydrazone groups is 1. The van der Waals surface area contributed by atoms with Crippen molar-refractivity contribution in [3.05, 3.63) is 22.2 Å². The van der Waals surface area contributed by atoms with Gasteiger partial charge in [0.05, 0.1) is 17.8 Å². The minimum absolute atomic E-state index is 0.0990. The van der Waals surface area contributed by atoms with E-state index in [2.05, 4.69) is 21.0 Å². The number of nitrogens with zero attached hydrogens (tertiary/aromatic N) is 1. The van der Waals surface area contributed by atoms with Gasteiger partial charge in [0.1, 0.15) is 11.5 Å². The summed E-state index contributed by atoms with van der Waals surface area (Å²) in [6, 6.07) is 3.16. The number of phenolic OH excluding ortho intramolecular Hbond substituents is 1. The normalized spacial score (nSPS) is 10.6. The molecule has 0 bridgehead atoms. The average Bonchev–Trinajstić information content (AvgIpc) is 2.10. The molecule has 1 rings (SSSR count). The van der Waals surface area contributed by atoms with Crippen LogP contribution in [0.1, 0.15) is 5.56 Å². The number of benzene rings is 1. The van der Waals surface area contributed by atoms with Gasteiger partial charge in [-0.05, 0) is 28.1 Å². The monoisotopic (exact) mass is 244 g/mol. The van der Waals surface area contributed by atoms with Crippen LogP contribution in [0.15, 0.2) is 21.7 Å². The summed E-state index contributed by atoms with van der Waals surface area (Å²) in [5.74, 6) is 5.68. The maximum Gasteiger partial charge on any atom is 0.133 e. The molecule has 0 fully saturated rings. The molecule has 3 N–H and O–H groups in total. The average molecular weight is 245 g/mol. The fourth-order valence-corrected chi connectivity index (χ4v) is 1.39. The Balaban J connectivity index is 3.22. The summed E-state index contributed by atoms with van der Waals surface area (Å²) in [5.41, 5.74) is 0.516. The van der Waals surface area contributed by atoms with E-state index in [0.29, 0.717) is 15.8 Å². The summed E-state index contributed by atoms with van der Waals surface area (Å²) in [4.78, 5) is 0. The first-order chi connectivity index (χ1) is 6.19. The Bertz CT molecular complexity index is 339. The molecule has 1 aromatic carbocycles. The number of hydrogen-bond acceptors (Lipinski definition) is 4. The van der Waals surface area contributed by atoms with Gasteiger partial charge < -0.3 is 15.7 Å². The molecule has 1 aromatic rings. The van der Waals surface area contributed by atoms with Crippen molar-refractivity contribution in [3.8, 4) is 11.5 Å². The van der Waals surface area contributed by atoms with Gasteiger partial charge in [-0.2, -0.15) is 5.10 Å². The van der Waals surface area contributed by atoms with Crippen molar-refractivity contribution in [2.45, 2.75) is 0 Å². The predicted octanol–water partition coefficient (Wildman–Crippen LogP) is 1.46.